The van der Waals surface area contributed by atoms with Gasteiger partial charge in [0.2, 0.25) is 0 Å². The summed E-state index contributed by atoms with van der Waals surface area (Å²) in [5.74, 6) is 3.83. The number of aromatic nitrogens is 2. The molecule has 1 atom stereocenters. The molecule has 19 heavy (non-hydrogen) atoms. The molecule has 0 aliphatic carbocycles. The molecule has 1 unspecified atom stereocenters. The van der Waals surface area contributed by atoms with Crippen molar-refractivity contribution in [2.24, 2.45) is 0 Å². The third-order valence-corrected chi connectivity index (χ3v) is 5.00. The highest BCUT2D eigenvalue weighted by Crippen LogP contribution is 2.30. The molecular formula is C14H22N4S. The van der Waals surface area contributed by atoms with Crippen LogP contribution in [-0.4, -0.2) is 40.0 Å². The number of nitrogens with zero attached hydrogens (tertiary/aromatic N) is 3. The van der Waals surface area contributed by atoms with E-state index in [0.717, 1.165) is 31.2 Å². The maximum atomic E-state index is 4.91. The van der Waals surface area contributed by atoms with Crippen molar-refractivity contribution < 1.29 is 0 Å². The van der Waals surface area contributed by atoms with E-state index in [9.17, 15) is 0 Å². The van der Waals surface area contributed by atoms with E-state index in [2.05, 4.69) is 31.1 Å². The smallest absolute Gasteiger partial charge is 0.146 e. The van der Waals surface area contributed by atoms with Gasteiger partial charge in [0, 0.05) is 36.7 Å². The fraction of sp³-hybridized carbons (Fsp3) is 0.714. The number of thioether (sulfide) groups is 1. The van der Waals surface area contributed by atoms with Crippen LogP contribution in [0.15, 0.2) is 0 Å². The van der Waals surface area contributed by atoms with Crippen LogP contribution in [0.3, 0.4) is 0 Å². The zero-order chi connectivity index (χ0) is 13.4. The summed E-state index contributed by atoms with van der Waals surface area (Å²) in [4.78, 5) is 12.1. The first-order valence-corrected chi connectivity index (χ1v) is 8.20. The van der Waals surface area contributed by atoms with Gasteiger partial charge in [-0.2, -0.15) is 11.8 Å². The zero-order valence-electron chi connectivity index (χ0n) is 11.9. The molecule has 3 heterocycles. The number of fused-ring (bicyclic) bond motifs is 1. The lowest BCUT2D eigenvalue weighted by atomic mass is 10.0. The molecule has 0 saturated carbocycles. The third kappa shape index (κ3) is 2.51. The van der Waals surface area contributed by atoms with Gasteiger partial charge in [0.25, 0.3) is 0 Å². The van der Waals surface area contributed by atoms with Crippen LogP contribution < -0.4 is 5.32 Å². The molecule has 0 aromatic carbocycles. The normalized spacial score (nSPS) is 23.9. The SMILES string of the molecule is CC(C)c1nc(C2CSCCN2C)nc2c1CNC2. The minimum atomic E-state index is 0.377. The Morgan fingerprint density at radius 2 is 2.16 bits per heavy atom. The Hall–Kier alpha value is -0.650. The largest absolute Gasteiger partial charge is 0.307 e. The van der Waals surface area contributed by atoms with Crippen molar-refractivity contribution in [2.75, 3.05) is 25.1 Å². The van der Waals surface area contributed by atoms with Crippen LogP contribution in [0.25, 0.3) is 0 Å². The molecule has 2 aliphatic heterocycles. The second kappa shape index (κ2) is 5.38. The molecule has 104 valence electrons. The topological polar surface area (TPSA) is 41.1 Å². The quantitative estimate of drug-likeness (QED) is 0.895. The molecule has 1 aromatic heterocycles. The lowest BCUT2D eigenvalue weighted by molar-refractivity contribution is 0.263. The Morgan fingerprint density at radius 1 is 1.32 bits per heavy atom. The third-order valence-electron chi connectivity index (χ3n) is 3.98. The average molecular weight is 278 g/mol. The maximum Gasteiger partial charge on any atom is 0.146 e. The van der Waals surface area contributed by atoms with Gasteiger partial charge in [-0.25, -0.2) is 9.97 Å². The maximum absolute atomic E-state index is 4.91. The Labute approximate surface area is 119 Å². The molecule has 1 N–H and O–H groups in total. The van der Waals surface area contributed by atoms with E-state index in [4.69, 9.17) is 9.97 Å². The molecule has 0 bridgehead atoms. The Kier molecular flexibility index (Phi) is 3.78. The predicted octanol–water partition coefficient (Wildman–Crippen LogP) is 1.92. The van der Waals surface area contributed by atoms with Crippen molar-refractivity contribution in [3.05, 3.63) is 22.8 Å². The van der Waals surface area contributed by atoms with Gasteiger partial charge in [0.1, 0.15) is 5.82 Å². The summed E-state index contributed by atoms with van der Waals surface area (Å²) in [5, 5.41) is 3.40. The van der Waals surface area contributed by atoms with E-state index >= 15 is 0 Å². The van der Waals surface area contributed by atoms with Gasteiger partial charge in [-0.1, -0.05) is 13.8 Å². The highest BCUT2D eigenvalue weighted by Gasteiger charge is 2.27. The Bertz CT molecular complexity index is 475. The highest BCUT2D eigenvalue weighted by molar-refractivity contribution is 7.99. The van der Waals surface area contributed by atoms with E-state index < -0.39 is 0 Å². The molecule has 0 radical (unpaired) electrons. The summed E-state index contributed by atoms with van der Waals surface area (Å²) in [5.41, 5.74) is 3.80. The van der Waals surface area contributed by atoms with Crippen LogP contribution in [-0.2, 0) is 13.1 Å². The van der Waals surface area contributed by atoms with Crippen molar-refractivity contribution in [2.45, 2.75) is 38.9 Å². The summed E-state index contributed by atoms with van der Waals surface area (Å²) in [6.07, 6.45) is 0. The minimum absolute atomic E-state index is 0.377. The van der Waals surface area contributed by atoms with E-state index in [1.165, 1.54) is 22.7 Å². The summed E-state index contributed by atoms with van der Waals surface area (Å²) in [6.45, 7) is 7.41. The van der Waals surface area contributed by atoms with Crippen LogP contribution in [0.1, 0.15) is 48.6 Å². The summed E-state index contributed by atoms with van der Waals surface area (Å²) < 4.78 is 0. The molecule has 4 nitrogen and oxygen atoms in total. The Morgan fingerprint density at radius 3 is 2.89 bits per heavy atom. The molecule has 5 heteroatoms. The van der Waals surface area contributed by atoms with E-state index in [1.807, 2.05) is 11.8 Å². The molecule has 1 aromatic rings. The van der Waals surface area contributed by atoms with Crippen LogP contribution >= 0.6 is 11.8 Å². The lowest BCUT2D eigenvalue weighted by Gasteiger charge is -2.31. The van der Waals surface area contributed by atoms with Crippen molar-refractivity contribution in [1.82, 2.24) is 20.2 Å². The minimum Gasteiger partial charge on any atom is -0.307 e. The van der Waals surface area contributed by atoms with E-state index in [1.54, 1.807) is 0 Å². The summed E-state index contributed by atoms with van der Waals surface area (Å²) in [6, 6.07) is 0.377. The highest BCUT2D eigenvalue weighted by atomic mass is 32.2. The molecule has 0 spiro atoms. The zero-order valence-corrected chi connectivity index (χ0v) is 12.8. The van der Waals surface area contributed by atoms with Crippen LogP contribution in [0.4, 0.5) is 0 Å². The Balaban J connectivity index is 2.00. The average Bonchev–Trinajstić information content (AvgIpc) is 2.86. The van der Waals surface area contributed by atoms with Crippen molar-refractivity contribution in [3.8, 4) is 0 Å². The van der Waals surface area contributed by atoms with Gasteiger partial charge < -0.3 is 5.32 Å². The second-order valence-corrected chi connectivity index (χ2v) is 6.87. The number of hydrogen-bond acceptors (Lipinski definition) is 5. The molecule has 0 amide bonds. The molecule has 1 fully saturated rings. The van der Waals surface area contributed by atoms with Crippen molar-refractivity contribution in [1.29, 1.82) is 0 Å². The molecule has 1 saturated heterocycles. The number of rotatable bonds is 2. The first kappa shape index (κ1) is 13.3. The van der Waals surface area contributed by atoms with Gasteiger partial charge in [-0.15, -0.1) is 0 Å². The first-order valence-electron chi connectivity index (χ1n) is 7.05. The standard InChI is InChI=1S/C14H22N4S/c1-9(2)13-10-6-15-7-11(10)16-14(17-13)12-8-19-5-4-18(12)3/h9,12,15H,4-8H2,1-3H3. The summed E-state index contributed by atoms with van der Waals surface area (Å²) in [7, 11) is 2.19. The molecule has 3 rings (SSSR count). The van der Waals surface area contributed by atoms with Gasteiger partial charge in [0.05, 0.1) is 17.4 Å². The van der Waals surface area contributed by atoms with E-state index in [0.29, 0.717) is 12.0 Å². The first-order chi connectivity index (χ1) is 9.16. The van der Waals surface area contributed by atoms with Gasteiger partial charge >= 0.3 is 0 Å². The fourth-order valence-corrected chi connectivity index (χ4v) is 4.01. The van der Waals surface area contributed by atoms with E-state index in [-0.39, 0.29) is 0 Å². The van der Waals surface area contributed by atoms with Crippen LogP contribution in [0.2, 0.25) is 0 Å². The predicted molar refractivity (Wildman–Crippen MR) is 79.4 cm³/mol. The fourth-order valence-electron chi connectivity index (χ4n) is 2.80. The van der Waals surface area contributed by atoms with Crippen LogP contribution in [0.5, 0.6) is 0 Å². The molecular weight excluding hydrogens is 256 g/mol. The van der Waals surface area contributed by atoms with Crippen molar-refractivity contribution >= 4 is 11.8 Å². The summed E-state index contributed by atoms with van der Waals surface area (Å²) >= 11 is 2.01. The van der Waals surface area contributed by atoms with Gasteiger partial charge in [-0.3, -0.25) is 4.90 Å². The lowest BCUT2D eigenvalue weighted by Crippen LogP contribution is -2.34. The number of nitrogens with one attached hydrogen (secondary N) is 1. The monoisotopic (exact) mass is 278 g/mol. The van der Waals surface area contributed by atoms with Gasteiger partial charge in [-0.05, 0) is 13.0 Å². The van der Waals surface area contributed by atoms with Crippen molar-refractivity contribution in [3.63, 3.8) is 0 Å². The van der Waals surface area contributed by atoms with Crippen LogP contribution in [0, 0.1) is 0 Å². The van der Waals surface area contributed by atoms with Gasteiger partial charge in [0.15, 0.2) is 0 Å². The number of hydrogen-bond donors (Lipinski definition) is 1. The second-order valence-electron chi connectivity index (χ2n) is 5.72. The molecule has 2 aliphatic rings.